The fourth-order valence-electron chi connectivity index (χ4n) is 1.89. The molecule has 0 bridgehead atoms. The molecule has 0 saturated heterocycles. The third kappa shape index (κ3) is 2.03. The minimum Gasteiger partial charge on any atom is -0.494 e. The topological polar surface area (TPSA) is 99.8 Å². The fourth-order valence-corrected chi connectivity index (χ4v) is 3.09. The molecule has 0 amide bonds. The molecule has 1 aliphatic heterocycles. The molecular formula is C11H6Cl2N4O3S. The number of nitrogens with zero attached hydrogens (tertiary/aromatic N) is 3. The minimum atomic E-state index is -0.832. The van der Waals surface area contributed by atoms with Gasteiger partial charge < -0.3 is 5.11 Å². The van der Waals surface area contributed by atoms with Crippen molar-refractivity contribution in [2.75, 3.05) is 0 Å². The number of halogens is 2. The molecule has 0 atom stereocenters. The highest BCUT2D eigenvalue weighted by Crippen LogP contribution is 2.46. The van der Waals surface area contributed by atoms with Gasteiger partial charge in [-0.05, 0) is 13.0 Å². The zero-order valence-electron chi connectivity index (χ0n) is 10.3. The third-order valence-corrected chi connectivity index (χ3v) is 4.06. The number of aromatic hydroxyl groups is 1. The number of nitrogens with one attached hydrogen (secondary N) is 1. The number of aromatic amines is 1. The molecule has 1 aliphatic rings. The van der Waals surface area contributed by atoms with Gasteiger partial charge in [0.25, 0.3) is 5.56 Å². The van der Waals surface area contributed by atoms with Crippen molar-refractivity contribution in [3.8, 4) is 11.6 Å². The van der Waals surface area contributed by atoms with Gasteiger partial charge in [0.2, 0.25) is 5.88 Å². The number of aromatic nitrogens is 2. The first-order chi connectivity index (χ1) is 9.91. The predicted octanol–water partition coefficient (Wildman–Crippen LogP) is 2.57. The van der Waals surface area contributed by atoms with Crippen molar-refractivity contribution in [2.24, 2.45) is 8.73 Å². The average Bonchev–Trinajstić information content (AvgIpc) is 2.89. The quantitative estimate of drug-likeness (QED) is 0.709. The van der Waals surface area contributed by atoms with Crippen LogP contribution in [0, 0.1) is 6.92 Å². The zero-order valence-corrected chi connectivity index (χ0v) is 12.7. The Labute approximate surface area is 130 Å². The Morgan fingerprint density at radius 3 is 2.62 bits per heavy atom. The lowest BCUT2D eigenvalue weighted by Gasteiger charge is -2.13. The van der Waals surface area contributed by atoms with Gasteiger partial charge in [0.15, 0.2) is 0 Å². The van der Waals surface area contributed by atoms with Crippen LogP contribution in [0.5, 0.6) is 5.88 Å². The summed E-state index contributed by atoms with van der Waals surface area (Å²) in [6, 6.07) is 1.40. The maximum atomic E-state index is 12.0. The fraction of sp³-hybridized carbons (Fsp3) is 0.0909. The third-order valence-electron chi connectivity index (χ3n) is 2.95. The lowest BCUT2D eigenvalue weighted by Crippen LogP contribution is -2.30. The molecule has 3 rings (SSSR count). The molecule has 0 fully saturated rings. The number of H-pyrrole nitrogens is 1. The number of benzene rings is 1. The molecule has 7 nitrogen and oxygen atoms in total. The van der Waals surface area contributed by atoms with Crippen LogP contribution in [-0.4, -0.2) is 14.7 Å². The molecule has 1 aromatic heterocycles. The summed E-state index contributed by atoms with van der Waals surface area (Å²) in [5, 5.41) is 10.5. The molecule has 2 aromatic rings. The van der Waals surface area contributed by atoms with E-state index in [0.29, 0.717) is 5.69 Å². The summed E-state index contributed by atoms with van der Waals surface area (Å²) in [6.07, 6.45) is 0. The van der Waals surface area contributed by atoms with Crippen molar-refractivity contribution in [3.63, 3.8) is 0 Å². The van der Waals surface area contributed by atoms with Crippen molar-refractivity contribution < 1.29 is 5.11 Å². The van der Waals surface area contributed by atoms with Crippen LogP contribution in [0.2, 0.25) is 10.0 Å². The van der Waals surface area contributed by atoms with Crippen LogP contribution in [0.15, 0.2) is 24.4 Å². The van der Waals surface area contributed by atoms with Crippen LogP contribution in [0.1, 0.15) is 5.56 Å². The van der Waals surface area contributed by atoms with Crippen molar-refractivity contribution in [1.82, 2.24) is 9.55 Å². The van der Waals surface area contributed by atoms with Gasteiger partial charge in [-0.1, -0.05) is 23.2 Å². The summed E-state index contributed by atoms with van der Waals surface area (Å²) in [7, 11) is 0. The smallest absolute Gasteiger partial charge is 0.335 e. The van der Waals surface area contributed by atoms with E-state index in [0.717, 1.165) is 15.9 Å². The van der Waals surface area contributed by atoms with Crippen LogP contribution in [-0.2, 0) is 11.4 Å². The molecule has 0 spiro atoms. The Kier molecular flexibility index (Phi) is 3.23. The molecule has 0 aliphatic carbocycles. The zero-order chi connectivity index (χ0) is 15.3. The maximum Gasteiger partial charge on any atom is 0.335 e. The standard InChI is InChI=1S/C11H6Cl2N4O3S/c1-3-9(18)14-11(20)17(10(3)19)8-5(13)2-4(12)6-7(8)16-21-15-6/h2,19H,1H3,(H,14,18,20). The van der Waals surface area contributed by atoms with Gasteiger partial charge in [0.1, 0.15) is 17.1 Å². The van der Waals surface area contributed by atoms with E-state index in [1.165, 1.54) is 13.0 Å². The van der Waals surface area contributed by atoms with Gasteiger partial charge >= 0.3 is 5.69 Å². The second-order valence-corrected chi connectivity index (χ2v) is 5.54. The second kappa shape index (κ2) is 4.83. The average molecular weight is 345 g/mol. The highest BCUT2D eigenvalue weighted by molar-refractivity contribution is 7.58. The summed E-state index contributed by atoms with van der Waals surface area (Å²) in [4.78, 5) is 25.6. The molecule has 0 saturated carbocycles. The maximum absolute atomic E-state index is 12.0. The molecule has 1 aromatic carbocycles. The molecule has 10 heteroatoms. The van der Waals surface area contributed by atoms with Gasteiger partial charge in [-0.25, -0.2) is 9.36 Å². The Morgan fingerprint density at radius 2 is 1.90 bits per heavy atom. The molecule has 108 valence electrons. The molecule has 2 N–H and O–H groups in total. The first kappa shape index (κ1) is 14.1. The lowest BCUT2D eigenvalue weighted by atomic mass is 10.2. The second-order valence-electron chi connectivity index (χ2n) is 4.19. The Bertz CT molecular complexity index is 973. The first-order valence-electron chi connectivity index (χ1n) is 5.57. The van der Waals surface area contributed by atoms with Crippen molar-refractivity contribution in [3.05, 3.63) is 42.5 Å². The van der Waals surface area contributed by atoms with Crippen LogP contribution in [0.25, 0.3) is 5.69 Å². The van der Waals surface area contributed by atoms with Crippen LogP contribution < -0.4 is 11.2 Å². The van der Waals surface area contributed by atoms with Crippen LogP contribution in [0.4, 0.5) is 11.4 Å². The largest absolute Gasteiger partial charge is 0.494 e. The summed E-state index contributed by atoms with van der Waals surface area (Å²) in [6.45, 7) is 1.38. The molecule has 0 radical (unpaired) electrons. The summed E-state index contributed by atoms with van der Waals surface area (Å²) < 4.78 is 8.94. The van der Waals surface area contributed by atoms with E-state index in [-0.39, 0.29) is 27.0 Å². The Hall–Kier alpha value is -1.90. The van der Waals surface area contributed by atoms with Gasteiger partial charge in [-0.2, -0.15) is 8.73 Å². The molecule has 21 heavy (non-hydrogen) atoms. The van der Waals surface area contributed by atoms with Crippen molar-refractivity contribution in [2.45, 2.75) is 6.92 Å². The summed E-state index contributed by atoms with van der Waals surface area (Å²) in [5.41, 5.74) is -0.783. The molecule has 2 heterocycles. The van der Waals surface area contributed by atoms with E-state index in [1.807, 2.05) is 0 Å². The minimum absolute atomic E-state index is 0.0167. The van der Waals surface area contributed by atoms with Gasteiger partial charge in [0.05, 0.1) is 27.0 Å². The van der Waals surface area contributed by atoms with E-state index < -0.39 is 17.1 Å². The predicted molar refractivity (Wildman–Crippen MR) is 80.6 cm³/mol. The Morgan fingerprint density at radius 1 is 1.24 bits per heavy atom. The molecule has 0 unspecified atom stereocenters. The highest BCUT2D eigenvalue weighted by atomic mass is 35.5. The number of fused-ring (bicyclic) bond motifs is 1. The Balaban J connectivity index is 2.47. The normalized spacial score (nSPS) is 12.3. The lowest BCUT2D eigenvalue weighted by molar-refractivity contribution is 0.426. The van der Waals surface area contributed by atoms with Gasteiger partial charge in [0, 0.05) is 0 Å². The first-order valence-corrected chi connectivity index (χ1v) is 7.06. The van der Waals surface area contributed by atoms with E-state index >= 15 is 0 Å². The number of hydrogen-bond donors (Lipinski definition) is 2. The SMILES string of the molecule is Cc1c(O)n(-c2c(Cl)cc(Cl)c3c2N=S=N3)c(=O)[nH]c1=O. The number of hydrogen-bond acceptors (Lipinski definition) is 5. The van der Waals surface area contributed by atoms with Crippen LogP contribution >= 0.6 is 23.2 Å². The van der Waals surface area contributed by atoms with Gasteiger partial charge in [-0.3, -0.25) is 9.78 Å². The van der Waals surface area contributed by atoms with E-state index in [1.54, 1.807) is 0 Å². The highest BCUT2D eigenvalue weighted by Gasteiger charge is 2.24. The van der Waals surface area contributed by atoms with Crippen molar-refractivity contribution in [1.29, 1.82) is 0 Å². The van der Waals surface area contributed by atoms with E-state index in [9.17, 15) is 14.7 Å². The van der Waals surface area contributed by atoms with Crippen LogP contribution in [0.3, 0.4) is 0 Å². The molecular weight excluding hydrogens is 339 g/mol. The van der Waals surface area contributed by atoms with Crippen molar-refractivity contribution >= 4 is 45.9 Å². The summed E-state index contributed by atoms with van der Waals surface area (Å²) in [5.74, 6) is -0.512. The number of rotatable bonds is 1. The monoisotopic (exact) mass is 344 g/mol. The summed E-state index contributed by atoms with van der Waals surface area (Å²) >= 11 is 13.0. The van der Waals surface area contributed by atoms with E-state index in [2.05, 4.69) is 13.7 Å². The van der Waals surface area contributed by atoms with E-state index in [4.69, 9.17) is 23.2 Å². The van der Waals surface area contributed by atoms with Gasteiger partial charge in [-0.15, -0.1) is 0 Å².